The average Bonchev–Trinajstić information content (AvgIpc) is 2.18. The SMILES string of the molecule is Cc1ccc([N+](=O)[O-])cc1CS(=O)(=O)C(C)(C)C. The summed E-state index contributed by atoms with van der Waals surface area (Å²) in [6.07, 6.45) is 0. The molecule has 0 unspecified atom stereocenters. The molecule has 100 valence electrons. The predicted molar refractivity (Wildman–Crippen MR) is 70.2 cm³/mol. The second-order valence-electron chi connectivity index (χ2n) is 5.24. The lowest BCUT2D eigenvalue weighted by Gasteiger charge is -2.19. The molecule has 1 rings (SSSR count). The standard InChI is InChI=1S/C12H17NO4S/c1-9-5-6-11(13(14)15)7-10(9)8-18(16,17)12(2,3)4/h5-7H,8H2,1-4H3. The number of rotatable bonds is 3. The van der Waals surface area contributed by atoms with Gasteiger partial charge in [0, 0.05) is 12.1 Å². The number of hydrogen-bond acceptors (Lipinski definition) is 4. The number of benzene rings is 1. The lowest BCUT2D eigenvalue weighted by molar-refractivity contribution is -0.384. The molecule has 6 heteroatoms. The van der Waals surface area contributed by atoms with Gasteiger partial charge in [0.05, 0.1) is 15.4 Å². The molecule has 0 bridgehead atoms. The van der Waals surface area contributed by atoms with Crippen molar-refractivity contribution >= 4 is 15.5 Å². The molecule has 1 aromatic rings. The van der Waals surface area contributed by atoms with Crippen LogP contribution in [0.2, 0.25) is 0 Å². The van der Waals surface area contributed by atoms with Gasteiger partial charge in [-0.1, -0.05) is 6.07 Å². The van der Waals surface area contributed by atoms with Crippen molar-refractivity contribution in [2.45, 2.75) is 38.2 Å². The van der Waals surface area contributed by atoms with Crippen molar-refractivity contribution in [3.8, 4) is 0 Å². The van der Waals surface area contributed by atoms with E-state index in [1.165, 1.54) is 12.1 Å². The van der Waals surface area contributed by atoms with E-state index in [1.54, 1.807) is 33.8 Å². The Kier molecular flexibility index (Phi) is 3.81. The summed E-state index contributed by atoms with van der Waals surface area (Å²) in [4.78, 5) is 10.2. The number of aryl methyl sites for hydroxylation is 1. The van der Waals surface area contributed by atoms with Gasteiger partial charge in [-0.15, -0.1) is 0 Å². The van der Waals surface area contributed by atoms with Crippen molar-refractivity contribution in [3.05, 3.63) is 39.4 Å². The van der Waals surface area contributed by atoms with Crippen LogP contribution < -0.4 is 0 Å². The maximum Gasteiger partial charge on any atom is 0.269 e. The summed E-state index contributed by atoms with van der Waals surface area (Å²) in [5, 5.41) is 10.7. The lowest BCUT2D eigenvalue weighted by Crippen LogP contribution is -2.29. The number of hydrogen-bond donors (Lipinski definition) is 0. The highest BCUT2D eigenvalue weighted by Crippen LogP contribution is 2.24. The van der Waals surface area contributed by atoms with Crippen LogP contribution in [0, 0.1) is 17.0 Å². The number of non-ortho nitro benzene ring substituents is 1. The van der Waals surface area contributed by atoms with Crippen LogP contribution in [-0.4, -0.2) is 18.1 Å². The summed E-state index contributed by atoms with van der Waals surface area (Å²) in [6, 6.07) is 4.28. The van der Waals surface area contributed by atoms with Crippen molar-refractivity contribution in [1.29, 1.82) is 0 Å². The Hall–Kier alpha value is -1.43. The Bertz CT molecular complexity index is 570. The molecule has 0 fully saturated rings. The molecule has 0 amide bonds. The molecule has 0 aliphatic rings. The van der Waals surface area contributed by atoms with Gasteiger partial charge in [-0.05, 0) is 38.8 Å². The minimum absolute atomic E-state index is 0.0836. The summed E-state index contributed by atoms with van der Waals surface area (Å²) < 4.78 is 23.3. The monoisotopic (exact) mass is 271 g/mol. The number of sulfone groups is 1. The Labute approximate surface area is 107 Å². The topological polar surface area (TPSA) is 77.3 Å². The van der Waals surface area contributed by atoms with E-state index in [-0.39, 0.29) is 11.4 Å². The first-order valence-electron chi connectivity index (χ1n) is 5.51. The summed E-state index contributed by atoms with van der Waals surface area (Å²) in [7, 11) is -3.34. The van der Waals surface area contributed by atoms with Gasteiger partial charge in [-0.25, -0.2) is 8.42 Å². The zero-order valence-electron chi connectivity index (χ0n) is 10.9. The van der Waals surface area contributed by atoms with Gasteiger partial charge in [0.15, 0.2) is 9.84 Å². The van der Waals surface area contributed by atoms with Gasteiger partial charge in [-0.3, -0.25) is 10.1 Å². The number of nitrogens with zero attached hydrogens (tertiary/aromatic N) is 1. The first-order chi connectivity index (χ1) is 8.04. The Morgan fingerprint density at radius 3 is 2.28 bits per heavy atom. The fourth-order valence-corrected chi connectivity index (χ4v) is 2.50. The quantitative estimate of drug-likeness (QED) is 0.625. The van der Waals surface area contributed by atoms with Crippen LogP contribution in [0.25, 0.3) is 0 Å². The third-order valence-corrected chi connectivity index (χ3v) is 5.38. The van der Waals surface area contributed by atoms with Gasteiger partial charge in [-0.2, -0.15) is 0 Å². The van der Waals surface area contributed by atoms with Crippen LogP contribution in [0.1, 0.15) is 31.9 Å². The van der Waals surface area contributed by atoms with Crippen molar-refractivity contribution in [3.63, 3.8) is 0 Å². The molecule has 1 aromatic carbocycles. The van der Waals surface area contributed by atoms with Gasteiger partial charge in [0.25, 0.3) is 5.69 Å². The van der Waals surface area contributed by atoms with E-state index in [0.29, 0.717) is 5.56 Å². The van der Waals surface area contributed by atoms with E-state index in [9.17, 15) is 18.5 Å². The van der Waals surface area contributed by atoms with Crippen molar-refractivity contribution in [1.82, 2.24) is 0 Å². The average molecular weight is 271 g/mol. The fraction of sp³-hybridized carbons (Fsp3) is 0.500. The molecule has 0 heterocycles. The highest BCUT2D eigenvalue weighted by Gasteiger charge is 2.29. The number of nitro groups is 1. The van der Waals surface area contributed by atoms with Crippen LogP contribution in [0.4, 0.5) is 5.69 Å². The van der Waals surface area contributed by atoms with Crippen LogP contribution >= 0.6 is 0 Å². The maximum absolute atomic E-state index is 12.1. The lowest BCUT2D eigenvalue weighted by atomic mass is 10.1. The van der Waals surface area contributed by atoms with Crippen LogP contribution in [0.3, 0.4) is 0 Å². The summed E-state index contributed by atoms with van der Waals surface area (Å²) in [5.41, 5.74) is 1.15. The highest BCUT2D eigenvalue weighted by atomic mass is 32.2. The second-order valence-corrected chi connectivity index (χ2v) is 7.98. The minimum atomic E-state index is -3.34. The third-order valence-electron chi connectivity index (χ3n) is 2.82. The largest absolute Gasteiger partial charge is 0.269 e. The fourth-order valence-electron chi connectivity index (χ4n) is 1.35. The molecule has 0 spiro atoms. The van der Waals surface area contributed by atoms with Crippen LogP contribution in [0.15, 0.2) is 18.2 Å². The van der Waals surface area contributed by atoms with Crippen LogP contribution in [0.5, 0.6) is 0 Å². The first-order valence-corrected chi connectivity index (χ1v) is 7.16. The summed E-state index contributed by atoms with van der Waals surface area (Å²) in [5.74, 6) is -0.177. The molecular weight excluding hydrogens is 254 g/mol. The molecule has 0 aromatic heterocycles. The Morgan fingerprint density at radius 1 is 1.28 bits per heavy atom. The van der Waals surface area contributed by atoms with Gasteiger partial charge < -0.3 is 0 Å². The Morgan fingerprint density at radius 2 is 1.83 bits per heavy atom. The smallest absolute Gasteiger partial charge is 0.258 e. The normalized spacial score (nSPS) is 12.4. The molecular formula is C12H17NO4S. The molecule has 0 aliphatic heterocycles. The maximum atomic E-state index is 12.1. The molecule has 0 aliphatic carbocycles. The molecule has 0 N–H and O–H groups in total. The molecule has 0 atom stereocenters. The third kappa shape index (κ3) is 3.07. The van der Waals surface area contributed by atoms with E-state index in [1.807, 2.05) is 0 Å². The van der Waals surface area contributed by atoms with Crippen molar-refractivity contribution < 1.29 is 13.3 Å². The summed E-state index contributed by atoms with van der Waals surface area (Å²) in [6.45, 7) is 6.61. The number of nitro benzene ring substituents is 1. The molecule has 0 radical (unpaired) electrons. The second kappa shape index (κ2) is 4.68. The highest BCUT2D eigenvalue weighted by molar-refractivity contribution is 7.91. The van der Waals surface area contributed by atoms with Crippen LogP contribution in [-0.2, 0) is 15.6 Å². The minimum Gasteiger partial charge on any atom is -0.258 e. The van der Waals surface area contributed by atoms with E-state index in [4.69, 9.17) is 0 Å². The van der Waals surface area contributed by atoms with E-state index in [2.05, 4.69) is 0 Å². The first kappa shape index (κ1) is 14.6. The Balaban J connectivity index is 3.20. The van der Waals surface area contributed by atoms with E-state index < -0.39 is 19.5 Å². The van der Waals surface area contributed by atoms with E-state index >= 15 is 0 Å². The van der Waals surface area contributed by atoms with Gasteiger partial charge >= 0.3 is 0 Å². The zero-order valence-corrected chi connectivity index (χ0v) is 11.7. The molecule has 18 heavy (non-hydrogen) atoms. The van der Waals surface area contributed by atoms with Crippen molar-refractivity contribution in [2.24, 2.45) is 0 Å². The predicted octanol–water partition coefficient (Wildman–Crippen LogP) is 2.62. The van der Waals surface area contributed by atoms with Gasteiger partial charge in [0.2, 0.25) is 0 Å². The van der Waals surface area contributed by atoms with Crippen molar-refractivity contribution in [2.75, 3.05) is 0 Å². The molecule has 0 saturated carbocycles. The van der Waals surface area contributed by atoms with Gasteiger partial charge in [0.1, 0.15) is 0 Å². The summed E-state index contributed by atoms with van der Waals surface area (Å²) >= 11 is 0. The molecule has 0 saturated heterocycles. The van der Waals surface area contributed by atoms with E-state index in [0.717, 1.165) is 5.56 Å². The molecule has 5 nitrogen and oxygen atoms in total. The zero-order chi connectivity index (χ0) is 14.1.